The summed E-state index contributed by atoms with van der Waals surface area (Å²) < 4.78 is 23.6. The normalized spacial score (nSPS) is 13.2. The third-order valence-corrected chi connectivity index (χ3v) is 1.36. The number of halogens is 2. The molecule has 0 spiro atoms. The molecular formula is C6H12F2N2O2. The van der Waals surface area contributed by atoms with E-state index in [1.165, 1.54) is 14.2 Å². The molecule has 0 saturated carbocycles. The summed E-state index contributed by atoms with van der Waals surface area (Å²) in [5.74, 6) is -0.565. The summed E-state index contributed by atoms with van der Waals surface area (Å²) in [5.41, 5.74) is 4.96. The number of carbonyl (C=O) groups excluding carboxylic acids is 1. The van der Waals surface area contributed by atoms with Crippen molar-refractivity contribution in [3.63, 3.8) is 0 Å². The molecule has 0 aromatic carbocycles. The van der Waals surface area contributed by atoms with Crippen LogP contribution in [0, 0.1) is 0 Å². The maximum absolute atomic E-state index is 11.8. The van der Waals surface area contributed by atoms with Crippen LogP contribution < -0.4 is 5.73 Å². The number of nitrogens with zero attached hydrogens (tertiary/aromatic N) is 1. The van der Waals surface area contributed by atoms with Gasteiger partial charge in [-0.15, -0.1) is 0 Å². The largest absolute Gasteiger partial charge is 0.323 e. The molecule has 0 aromatic heterocycles. The molecular weight excluding hydrogens is 170 g/mol. The number of hydrogen-bond acceptors (Lipinski definition) is 3. The number of alkyl halides is 2. The Hall–Kier alpha value is -0.750. The molecule has 12 heavy (non-hydrogen) atoms. The van der Waals surface area contributed by atoms with Crippen molar-refractivity contribution >= 4 is 5.91 Å². The molecule has 0 fully saturated rings. The Morgan fingerprint density at radius 1 is 1.67 bits per heavy atom. The van der Waals surface area contributed by atoms with Crippen molar-refractivity contribution in [1.82, 2.24) is 5.06 Å². The van der Waals surface area contributed by atoms with Crippen molar-refractivity contribution in [1.29, 1.82) is 0 Å². The van der Waals surface area contributed by atoms with Crippen molar-refractivity contribution in [3.8, 4) is 0 Å². The SMILES string of the molecule is CON(C)C(=O)CC(N)C(F)F. The third-order valence-electron chi connectivity index (χ3n) is 1.36. The van der Waals surface area contributed by atoms with E-state index in [1.807, 2.05) is 0 Å². The maximum atomic E-state index is 11.8. The molecule has 0 radical (unpaired) electrons. The molecule has 0 heterocycles. The van der Waals surface area contributed by atoms with Crippen molar-refractivity contribution in [3.05, 3.63) is 0 Å². The molecule has 1 amide bonds. The Kier molecular flexibility index (Phi) is 4.68. The van der Waals surface area contributed by atoms with Gasteiger partial charge >= 0.3 is 0 Å². The Bertz CT molecular complexity index is 154. The summed E-state index contributed by atoms with van der Waals surface area (Å²) >= 11 is 0. The number of nitrogens with two attached hydrogens (primary N) is 1. The smallest absolute Gasteiger partial charge is 0.253 e. The summed E-state index contributed by atoms with van der Waals surface area (Å²) in [6.07, 6.45) is -3.10. The van der Waals surface area contributed by atoms with Crippen molar-refractivity contribution in [2.45, 2.75) is 18.9 Å². The first kappa shape index (κ1) is 11.2. The standard InChI is InChI=1S/C6H12F2N2O2/c1-10(12-2)5(11)3-4(9)6(7)8/h4,6H,3,9H2,1-2H3. The van der Waals surface area contributed by atoms with Crippen LogP contribution in [0.4, 0.5) is 8.78 Å². The van der Waals surface area contributed by atoms with Gasteiger partial charge < -0.3 is 5.73 Å². The highest BCUT2D eigenvalue weighted by molar-refractivity contribution is 5.75. The molecule has 0 aliphatic rings. The Balaban J connectivity index is 3.84. The molecule has 72 valence electrons. The quantitative estimate of drug-likeness (QED) is 0.622. The lowest BCUT2D eigenvalue weighted by Crippen LogP contribution is -2.36. The second-order valence-electron chi connectivity index (χ2n) is 2.28. The first-order valence-electron chi connectivity index (χ1n) is 3.33. The van der Waals surface area contributed by atoms with Crippen LogP contribution in [0.5, 0.6) is 0 Å². The van der Waals surface area contributed by atoms with Gasteiger partial charge in [0.2, 0.25) is 5.91 Å². The van der Waals surface area contributed by atoms with E-state index in [-0.39, 0.29) is 0 Å². The summed E-state index contributed by atoms with van der Waals surface area (Å²) in [4.78, 5) is 15.4. The zero-order chi connectivity index (χ0) is 9.72. The molecule has 0 aliphatic heterocycles. The lowest BCUT2D eigenvalue weighted by Gasteiger charge is -2.16. The van der Waals surface area contributed by atoms with Gasteiger partial charge in [0.05, 0.1) is 13.2 Å². The fraction of sp³-hybridized carbons (Fsp3) is 0.833. The molecule has 0 aromatic rings. The number of hydroxylamine groups is 2. The highest BCUT2D eigenvalue weighted by atomic mass is 19.3. The first-order valence-corrected chi connectivity index (χ1v) is 3.33. The fourth-order valence-corrected chi connectivity index (χ4v) is 0.521. The molecule has 1 unspecified atom stereocenters. The van der Waals surface area contributed by atoms with Gasteiger partial charge in [-0.3, -0.25) is 9.63 Å². The number of hydrogen-bond donors (Lipinski definition) is 1. The summed E-state index contributed by atoms with van der Waals surface area (Å²) in [5, 5.41) is 0.863. The fourth-order valence-electron chi connectivity index (χ4n) is 0.521. The monoisotopic (exact) mass is 182 g/mol. The van der Waals surface area contributed by atoms with E-state index in [0.717, 1.165) is 5.06 Å². The molecule has 0 aliphatic carbocycles. The number of amides is 1. The second kappa shape index (κ2) is 5.00. The summed E-state index contributed by atoms with van der Waals surface area (Å²) in [7, 11) is 2.60. The van der Waals surface area contributed by atoms with Gasteiger partial charge in [0.15, 0.2) is 0 Å². The summed E-state index contributed by atoms with van der Waals surface area (Å²) in [6.45, 7) is 0. The minimum Gasteiger partial charge on any atom is -0.323 e. The molecule has 1 atom stereocenters. The molecule has 0 rings (SSSR count). The molecule has 6 heteroatoms. The van der Waals surface area contributed by atoms with E-state index in [9.17, 15) is 13.6 Å². The van der Waals surface area contributed by atoms with E-state index in [4.69, 9.17) is 5.73 Å². The Morgan fingerprint density at radius 3 is 2.50 bits per heavy atom. The lowest BCUT2D eigenvalue weighted by molar-refractivity contribution is -0.169. The van der Waals surface area contributed by atoms with Crippen molar-refractivity contribution in [2.24, 2.45) is 5.73 Å². The van der Waals surface area contributed by atoms with E-state index < -0.39 is 24.8 Å². The molecule has 4 nitrogen and oxygen atoms in total. The zero-order valence-electron chi connectivity index (χ0n) is 6.96. The van der Waals surface area contributed by atoms with Crippen molar-refractivity contribution in [2.75, 3.05) is 14.2 Å². The molecule has 0 saturated heterocycles. The predicted molar refractivity (Wildman–Crippen MR) is 38.4 cm³/mol. The van der Waals surface area contributed by atoms with E-state index in [0.29, 0.717) is 0 Å². The first-order chi connectivity index (χ1) is 5.49. The Labute approximate surface area is 69.2 Å². The minimum atomic E-state index is -2.68. The summed E-state index contributed by atoms with van der Waals surface area (Å²) in [6, 6.07) is -1.42. The topological polar surface area (TPSA) is 55.6 Å². The number of carbonyl (C=O) groups is 1. The van der Waals surface area contributed by atoms with Gasteiger partial charge in [-0.2, -0.15) is 0 Å². The number of rotatable bonds is 4. The zero-order valence-corrected chi connectivity index (χ0v) is 6.96. The van der Waals surface area contributed by atoms with Crippen LogP contribution >= 0.6 is 0 Å². The van der Waals surface area contributed by atoms with Crippen LogP contribution in [0.3, 0.4) is 0 Å². The van der Waals surface area contributed by atoms with Gasteiger partial charge in [-0.05, 0) is 0 Å². The Morgan fingerprint density at radius 2 is 2.17 bits per heavy atom. The van der Waals surface area contributed by atoms with Gasteiger partial charge in [-0.25, -0.2) is 13.8 Å². The highest BCUT2D eigenvalue weighted by Gasteiger charge is 2.20. The van der Waals surface area contributed by atoms with Crippen molar-refractivity contribution < 1.29 is 18.4 Å². The minimum absolute atomic E-state index is 0.415. The van der Waals surface area contributed by atoms with Gasteiger partial charge in [0.1, 0.15) is 0 Å². The van der Waals surface area contributed by atoms with Gasteiger partial charge in [0, 0.05) is 13.5 Å². The average Bonchev–Trinajstić information content (AvgIpc) is 2.02. The van der Waals surface area contributed by atoms with Crippen LogP contribution in [0.1, 0.15) is 6.42 Å². The predicted octanol–water partition coefficient (Wildman–Crippen LogP) is -0.0113. The van der Waals surface area contributed by atoms with Crippen LogP contribution in [-0.2, 0) is 9.63 Å². The lowest BCUT2D eigenvalue weighted by atomic mass is 10.2. The average molecular weight is 182 g/mol. The maximum Gasteiger partial charge on any atom is 0.253 e. The van der Waals surface area contributed by atoms with E-state index >= 15 is 0 Å². The van der Waals surface area contributed by atoms with Crippen LogP contribution in [0.25, 0.3) is 0 Å². The van der Waals surface area contributed by atoms with E-state index in [1.54, 1.807) is 0 Å². The van der Waals surface area contributed by atoms with E-state index in [2.05, 4.69) is 4.84 Å². The highest BCUT2D eigenvalue weighted by Crippen LogP contribution is 2.03. The molecule has 0 bridgehead atoms. The van der Waals surface area contributed by atoms with Gasteiger partial charge in [0.25, 0.3) is 6.43 Å². The van der Waals surface area contributed by atoms with Crippen LogP contribution in [0.15, 0.2) is 0 Å². The van der Waals surface area contributed by atoms with Crippen LogP contribution in [0.2, 0.25) is 0 Å². The van der Waals surface area contributed by atoms with Gasteiger partial charge in [-0.1, -0.05) is 0 Å². The molecule has 2 N–H and O–H groups in total. The third kappa shape index (κ3) is 3.59. The second-order valence-corrected chi connectivity index (χ2v) is 2.28. The van der Waals surface area contributed by atoms with Crippen LogP contribution in [-0.4, -0.2) is 37.6 Å².